The minimum absolute atomic E-state index is 0.107. The lowest BCUT2D eigenvalue weighted by atomic mass is 9.96. The van der Waals surface area contributed by atoms with Gasteiger partial charge in [0.2, 0.25) is 0 Å². The van der Waals surface area contributed by atoms with E-state index in [0.29, 0.717) is 30.2 Å². The molecular formula is C22H24N2O5S. The number of carbonyl (C=O) groups excluding carboxylic acids is 1. The molecule has 1 aliphatic rings. The maximum atomic E-state index is 13.5. The number of hydrogen-bond donors (Lipinski definition) is 1. The van der Waals surface area contributed by atoms with Gasteiger partial charge in [0.25, 0.3) is 5.91 Å². The molecule has 0 bridgehead atoms. The number of ether oxygens (including phenoxy) is 3. The molecule has 7 nitrogen and oxygen atoms in total. The second kappa shape index (κ2) is 8.59. The monoisotopic (exact) mass is 428 g/mol. The first-order valence-electron chi connectivity index (χ1n) is 9.68. The van der Waals surface area contributed by atoms with Crippen molar-refractivity contribution in [2.75, 3.05) is 34.0 Å². The Labute approximate surface area is 178 Å². The second-order valence-electron chi connectivity index (χ2n) is 7.07. The quantitative estimate of drug-likeness (QED) is 0.672. The number of fused-ring (bicyclic) bond motifs is 1. The van der Waals surface area contributed by atoms with Gasteiger partial charge in [-0.05, 0) is 42.8 Å². The largest absolute Gasteiger partial charge is 0.493 e. The van der Waals surface area contributed by atoms with E-state index in [9.17, 15) is 9.90 Å². The normalized spacial score (nSPS) is 19.1. The molecule has 1 aliphatic heterocycles. The van der Waals surface area contributed by atoms with E-state index >= 15 is 0 Å². The molecule has 2 aromatic carbocycles. The van der Waals surface area contributed by atoms with Gasteiger partial charge in [-0.1, -0.05) is 6.07 Å². The molecule has 158 valence electrons. The van der Waals surface area contributed by atoms with Crippen molar-refractivity contribution in [2.45, 2.75) is 19.1 Å². The van der Waals surface area contributed by atoms with Gasteiger partial charge in [0.15, 0.2) is 11.5 Å². The first kappa shape index (κ1) is 20.6. The van der Waals surface area contributed by atoms with Crippen LogP contribution in [0.4, 0.5) is 0 Å². The van der Waals surface area contributed by atoms with E-state index < -0.39 is 12.1 Å². The smallest absolute Gasteiger partial charge is 0.254 e. The van der Waals surface area contributed by atoms with Crippen LogP contribution < -0.4 is 9.47 Å². The first-order chi connectivity index (χ1) is 14.5. The molecule has 0 spiro atoms. The number of morpholine rings is 1. The molecule has 1 aromatic heterocycles. The molecule has 1 fully saturated rings. The van der Waals surface area contributed by atoms with Crippen LogP contribution in [0.5, 0.6) is 11.5 Å². The number of amides is 1. The van der Waals surface area contributed by atoms with Crippen molar-refractivity contribution in [2.24, 2.45) is 0 Å². The first-order valence-corrected chi connectivity index (χ1v) is 10.5. The van der Waals surface area contributed by atoms with Crippen LogP contribution >= 0.6 is 11.3 Å². The van der Waals surface area contributed by atoms with Crippen molar-refractivity contribution in [3.63, 3.8) is 0 Å². The molecule has 3 aromatic rings. The summed E-state index contributed by atoms with van der Waals surface area (Å²) in [4.78, 5) is 19.7. The molecule has 2 atom stereocenters. The number of aromatic nitrogens is 1. The van der Waals surface area contributed by atoms with E-state index in [2.05, 4.69) is 4.98 Å². The van der Waals surface area contributed by atoms with Gasteiger partial charge < -0.3 is 24.2 Å². The van der Waals surface area contributed by atoms with Crippen LogP contribution in [0.3, 0.4) is 0 Å². The Morgan fingerprint density at radius 1 is 1.23 bits per heavy atom. The summed E-state index contributed by atoms with van der Waals surface area (Å²) < 4.78 is 17.5. The minimum Gasteiger partial charge on any atom is -0.493 e. The third-order valence-electron chi connectivity index (χ3n) is 5.28. The number of aliphatic hydroxyl groups excluding tert-OH is 1. The fraction of sp³-hybridized carbons (Fsp3) is 0.364. The van der Waals surface area contributed by atoms with Crippen molar-refractivity contribution in [1.82, 2.24) is 9.88 Å². The van der Waals surface area contributed by atoms with Gasteiger partial charge in [-0.25, -0.2) is 4.98 Å². The summed E-state index contributed by atoms with van der Waals surface area (Å²) in [6.07, 6.45) is -0.532. The third-order valence-corrected chi connectivity index (χ3v) is 6.22. The molecule has 0 saturated carbocycles. The number of aliphatic hydroxyl groups is 1. The van der Waals surface area contributed by atoms with Crippen molar-refractivity contribution >= 4 is 27.5 Å². The molecule has 0 aliphatic carbocycles. The highest BCUT2D eigenvalue weighted by molar-refractivity contribution is 7.18. The summed E-state index contributed by atoms with van der Waals surface area (Å²) in [6.45, 7) is 2.54. The Kier molecular flexibility index (Phi) is 5.90. The Morgan fingerprint density at radius 2 is 2.03 bits per heavy atom. The van der Waals surface area contributed by atoms with Crippen LogP contribution in [0, 0.1) is 6.92 Å². The van der Waals surface area contributed by atoms with Crippen molar-refractivity contribution in [3.8, 4) is 11.5 Å². The average molecular weight is 429 g/mol. The van der Waals surface area contributed by atoms with Crippen molar-refractivity contribution in [1.29, 1.82) is 0 Å². The predicted molar refractivity (Wildman–Crippen MR) is 115 cm³/mol. The highest BCUT2D eigenvalue weighted by Crippen LogP contribution is 2.36. The fourth-order valence-corrected chi connectivity index (χ4v) is 4.75. The third kappa shape index (κ3) is 3.74. The zero-order chi connectivity index (χ0) is 21.3. The van der Waals surface area contributed by atoms with E-state index in [1.165, 1.54) is 0 Å². The van der Waals surface area contributed by atoms with E-state index in [0.717, 1.165) is 20.8 Å². The molecule has 4 rings (SSSR count). The molecule has 1 amide bonds. The maximum Gasteiger partial charge on any atom is 0.254 e. The summed E-state index contributed by atoms with van der Waals surface area (Å²) in [5.74, 6) is 1.05. The van der Waals surface area contributed by atoms with Crippen LogP contribution in [-0.2, 0) is 4.74 Å². The number of rotatable bonds is 5. The molecule has 1 saturated heterocycles. The zero-order valence-electron chi connectivity index (χ0n) is 17.1. The second-order valence-corrected chi connectivity index (χ2v) is 8.30. The van der Waals surface area contributed by atoms with Gasteiger partial charge in [-0.2, -0.15) is 0 Å². The van der Waals surface area contributed by atoms with Gasteiger partial charge in [0, 0.05) is 12.1 Å². The lowest BCUT2D eigenvalue weighted by Gasteiger charge is -2.41. The number of thiazole rings is 1. The fourth-order valence-electron chi connectivity index (χ4n) is 3.88. The molecule has 2 heterocycles. The summed E-state index contributed by atoms with van der Waals surface area (Å²) >= 11 is 1.56. The van der Waals surface area contributed by atoms with Crippen molar-refractivity contribution < 1.29 is 24.1 Å². The zero-order valence-corrected chi connectivity index (χ0v) is 17.9. The molecule has 0 unspecified atom stereocenters. The van der Waals surface area contributed by atoms with E-state index in [-0.39, 0.29) is 12.5 Å². The summed E-state index contributed by atoms with van der Waals surface area (Å²) in [5.41, 5.74) is 2.30. The van der Waals surface area contributed by atoms with E-state index in [1.807, 2.05) is 31.2 Å². The molecule has 8 heteroatoms. The minimum atomic E-state index is -0.532. The van der Waals surface area contributed by atoms with E-state index in [4.69, 9.17) is 14.2 Å². The molecule has 0 radical (unpaired) electrons. The van der Waals surface area contributed by atoms with E-state index in [1.54, 1.807) is 42.6 Å². The van der Waals surface area contributed by atoms with Crippen LogP contribution in [0.1, 0.15) is 27.0 Å². The summed E-state index contributed by atoms with van der Waals surface area (Å²) in [5, 5.41) is 10.9. The Morgan fingerprint density at radius 3 is 2.77 bits per heavy atom. The standard InChI is InChI=1S/C22H24N2O5S/c1-13-23-16-6-4-15(11-20(16)30-13)22(26)24-8-9-29-19(12-25)21(24)14-5-7-17(27-2)18(10-14)28-3/h4-7,10-11,19,21,25H,8-9,12H2,1-3H3/t19-,21-/m1/s1. The van der Waals surface area contributed by atoms with Gasteiger partial charge in [-0.15, -0.1) is 11.3 Å². The Hall–Kier alpha value is -2.68. The number of nitrogens with zero attached hydrogens (tertiary/aromatic N) is 2. The number of hydrogen-bond acceptors (Lipinski definition) is 7. The van der Waals surface area contributed by atoms with Gasteiger partial charge >= 0.3 is 0 Å². The van der Waals surface area contributed by atoms with Crippen LogP contribution in [-0.4, -0.2) is 61.0 Å². The number of benzene rings is 2. The lowest BCUT2D eigenvalue weighted by molar-refractivity contribution is -0.0811. The SMILES string of the molecule is COc1ccc([C@@H]2[C@@H](CO)OCCN2C(=O)c2ccc3nc(C)sc3c2)cc1OC. The topological polar surface area (TPSA) is 81.1 Å². The summed E-state index contributed by atoms with van der Waals surface area (Å²) in [6, 6.07) is 10.6. The van der Waals surface area contributed by atoms with Crippen LogP contribution in [0.15, 0.2) is 36.4 Å². The Balaban J connectivity index is 1.72. The average Bonchev–Trinajstić information content (AvgIpc) is 3.16. The number of aryl methyl sites for hydroxylation is 1. The molecule has 30 heavy (non-hydrogen) atoms. The van der Waals surface area contributed by atoms with Crippen LogP contribution in [0.25, 0.3) is 10.2 Å². The molecule has 1 N–H and O–H groups in total. The summed E-state index contributed by atoms with van der Waals surface area (Å²) in [7, 11) is 3.14. The number of methoxy groups -OCH3 is 2. The number of carbonyl (C=O) groups is 1. The maximum absolute atomic E-state index is 13.5. The lowest BCUT2D eigenvalue weighted by Crippen LogP contribution is -2.49. The van der Waals surface area contributed by atoms with Gasteiger partial charge in [0.1, 0.15) is 6.10 Å². The molecular weight excluding hydrogens is 404 g/mol. The van der Waals surface area contributed by atoms with Crippen LogP contribution in [0.2, 0.25) is 0 Å². The van der Waals surface area contributed by atoms with Gasteiger partial charge in [-0.3, -0.25) is 4.79 Å². The Bertz CT molecular complexity index is 1070. The predicted octanol–water partition coefficient (Wildman–Crippen LogP) is 3.20. The highest BCUT2D eigenvalue weighted by atomic mass is 32.1. The highest BCUT2D eigenvalue weighted by Gasteiger charge is 2.37. The van der Waals surface area contributed by atoms with Gasteiger partial charge in [0.05, 0.1) is 48.7 Å². The van der Waals surface area contributed by atoms with Crippen molar-refractivity contribution in [3.05, 3.63) is 52.5 Å².